The second-order valence-corrected chi connectivity index (χ2v) is 8.32. The Morgan fingerprint density at radius 1 is 1.29 bits per heavy atom. The number of sulfonamides is 1. The fourth-order valence-corrected chi connectivity index (χ4v) is 5.04. The number of hydrogen-bond donors (Lipinski definition) is 1. The lowest BCUT2D eigenvalue weighted by Crippen LogP contribution is -2.48. The highest BCUT2D eigenvalue weighted by Gasteiger charge is 2.37. The second kappa shape index (κ2) is 6.07. The molecule has 2 N–H and O–H groups in total. The summed E-state index contributed by atoms with van der Waals surface area (Å²) >= 11 is 0. The molecule has 4 nitrogen and oxygen atoms in total. The molecule has 118 valence electrons. The van der Waals surface area contributed by atoms with Crippen LogP contribution >= 0.6 is 0 Å². The Balaban J connectivity index is 2.41. The smallest absolute Gasteiger partial charge is 0.243 e. The molecule has 21 heavy (non-hydrogen) atoms. The van der Waals surface area contributed by atoms with E-state index in [1.807, 2.05) is 19.9 Å². The van der Waals surface area contributed by atoms with Crippen molar-refractivity contribution in [3.63, 3.8) is 0 Å². The number of aryl methyl sites for hydroxylation is 1. The van der Waals surface area contributed by atoms with Gasteiger partial charge < -0.3 is 5.73 Å². The third-order valence-electron chi connectivity index (χ3n) is 4.69. The Bertz CT molecular complexity index is 613. The number of rotatable bonds is 3. The van der Waals surface area contributed by atoms with Gasteiger partial charge in [-0.2, -0.15) is 4.31 Å². The molecule has 1 aliphatic rings. The van der Waals surface area contributed by atoms with Crippen molar-refractivity contribution in [3.05, 3.63) is 29.3 Å². The summed E-state index contributed by atoms with van der Waals surface area (Å²) in [4.78, 5) is 0.363. The summed E-state index contributed by atoms with van der Waals surface area (Å²) in [6.07, 6.45) is 1.08. The van der Waals surface area contributed by atoms with Crippen molar-refractivity contribution >= 4 is 10.0 Å². The van der Waals surface area contributed by atoms with Crippen LogP contribution in [0.4, 0.5) is 0 Å². The van der Waals surface area contributed by atoms with Crippen LogP contribution in [-0.4, -0.2) is 25.3 Å². The summed E-state index contributed by atoms with van der Waals surface area (Å²) in [6, 6.07) is 5.30. The molecule has 0 spiro atoms. The molecule has 1 aromatic rings. The third-order valence-corrected chi connectivity index (χ3v) is 6.64. The molecule has 0 bridgehead atoms. The average Bonchev–Trinajstić information content (AvgIpc) is 2.42. The average molecular weight is 310 g/mol. The minimum atomic E-state index is -3.45. The predicted molar refractivity (Wildman–Crippen MR) is 85.4 cm³/mol. The minimum absolute atomic E-state index is 0.0360. The quantitative estimate of drug-likeness (QED) is 0.933. The standard InChI is InChI=1S/C16H26N2O2S/c1-11-7-13(3)14(4)18(10-11)21(19,20)16-6-5-12(2)15(8-16)9-17/h5-6,8,11,13-14H,7,9-10,17H2,1-4H3. The van der Waals surface area contributed by atoms with Gasteiger partial charge in [-0.25, -0.2) is 8.42 Å². The van der Waals surface area contributed by atoms with Crippen LogP contribution in [0.1, 0.15) is 38.3 Å². The fraction of sp³-hybridized carbons (Fsp3) is 0.625. The Labute approximate surface area is 128 Å². The van der Waals surface area contributed by atoms with Crippen molar-refractivity contribution in [2.75, 3.05) is 6.54 Å². The highest BCUT2D eigenvalue weighted by atomic mass is 32.2. The SMILES string of the molecule is Cc1ccc(S(=O)(=O)N2CC(C)CC(C)C2C)cc1CN. The third kappa shape index (κ3) is 3.15. The number of hydrogen-bond acceptors (Lipinski definition) is 3. The molecule has 3 atom stereocenters. The highest BCUT2D eigenvalue weighted by molar-refractivity contribution is 7.89. The molecule has 1 aliphatic heterocycles. The number of nitrogens with zero attached hydrogens (tertiary/aromatic N) is 1. The molecule has 5 heteroatoms. The Morgan fingerprint density at radius 3 is 2.57 bits per heavy atom. The van der Waals surface area contributed by atoms with Gasteiger partial charge in [-0.05, 0) is 55.4 Å². The maximum atomic E-state index is 13.0. The van der Waals surface area contributed by atoms with Gasteiger partial charge in [0.25, 0.3) is 0 Å². The molecule has 1 aromatic carbocycles. The van der Waals surface area contributed by atoms with E-state index in [4.69, 9.17) is 5.73 Å². The van der Waals surface area contributed by atoms with Crippen LogP contribution in [0.25, 0.3) is 0 Å². The largest absolute Gasteiger partial charge is 0.326 e. The van der Waals surface area contributed by atoms with E-state index in [2.05, 4.69) is 13.8 Å². The number of benzene rings is 1. The lowest BCUT2D eigenvalue weighted by molar-refractivity contribution is 0.157. The number of piperidine rings is 1. The molecule has 1 fully saturated rings. The van der Waals surface area contributed by atoms with E-state index in [9.17, 15) is 8.42 Å². The Hall–Kier alpha value is -0.910. The van der Waals surface area contributed by atoms with Gasteiger partial charge in [0.05, 0.1) is 4.90 Å². The van der Waals surface area contributed by atoms with Gasteiger partial charge in [0.1, 0.15) is 0 Å². The zero-order valence-electron chi connectivity index (χ0n) is 13.3. The monoisotopic (exact) mass is 310 g/mol. The first-order valence-electron chi connectivity index (χ1n) is 7.58. The number of nitrogens with two attached hydrogens (primary N) is 1. The molecular formula is C16H26N2O2S. The molecule has 0 aromatic heterocycles. The van der Waals surface area contributed by atoms with Crippen LogP contribution in [0, 0.1) is 18.8 Å². The zero-order chi connectivity index (χ0) is 15.8. The molecule has 0 aliphatic carbocycles. The first-order chi connectivity index (χ1) is 9.77. The van der Waals surface area contributed by atoms with Gasteiger partial charge in [0, 0.05) is 19.1 Å². The molecule has 0 radical (unpaired) electrons. The molecule has 1 saturated heterocycles. The van der Waals surface area contributed by atoms with E-state index in [1.165, 1.54) is 0 Å². The Morgan fingerprint density at radius 2 is 1.95 bits per heavy atom. The normalized spacial score (nSPS) is 27.8. The van der Waals surface area contributed by atoms with Crippen molar-refractivity contribution in [1.82, 2.24) is 4.31 Å². The van der Waals surface area contributed by atoms with E-state index in [0.717, 1.165) is 17.5 Å². The Kier molecular flexibility index (Phi) is 4.76. The van der Waals surface area contributed by atoms with Gasteiger partial charge in [-0.1, -0.05) is 19.9 Å². The van der Waals surface area contributed by atoms with Crippen molar-refractivity contribution < 1.29 is 8.42 Å². The van der Waals surface area contributed by atoms with Gasteiger partial charge in [-0.15, -0.1) is 0 Å². The van der Waals surface area contributed by atoms with Crippen LogP contribution < -0.4 is 5.73 Å². The van der Waals surface area contributed by atoms with Crippen molar-refractivity contribution in [3.8, 4) is 0 Å². The van der Waals surface area contributed by atoms with Gasteiger partial charge >= 0.3 is 0 Å². The van der Waals surface area contributed by atoms with E-state index in [-0.39, 0.29) is 6.04 Å². The lowest BCUT2D eigenvalue weighted by Gasteiger charge is -2.40. The summed E-state index contributed by atoms with van der Waals surface area (Å²) in [5.74, 6) is 0.772. The van der Waals surface area contributed by atoms with Crippen LogP contribution in [0.15, 0.2) is 23.1 Å². The molecule has 3 unspecified atom stereocenters. The van der Waals surface area contributed by atoms with Crippen molar-refractivity contribution in [1.29, 1.82) is 0 Å². The summed E-state index contributed by atoms with van der Waals surface area (Å²) in [7, 11) is -3.45. The molecule has 1 heterocycles. The molecular weight excluding hydrogens is 284 g/mol. The first-order valence-corrected chi connectivity index (χ1v) is 9.02. The summed E-state index contributed by atoms with van der Waals surface area (Å²) in [6.45, 7) is 9.16. The van der Waals surface area contributed by atoms with Gasteiger partial charge in [0.15, 0.2) is 0 Å². The van der Waals surface area contributed by atoms with E-state index < -0.39 is 10.0 Å². The highest BCUT2D eigenvalue weighted by Crippen LogP contribution is 2.32. The first kappa shape index (κ1) is 16.5. The minimum Gasteiger partial charge on any atom is -0.326 e. The summed E-state index contributed by atoms with van der Waals surface area (Å²) in [5, 5.41) is 0. The van der Waals surface area contributed by atoms with E-state index in [0.29, 0.717) is 29.8 Å². The fourth-order valence-electron chi connectivity index (χ4n) is 3.14. The lowest BCUT2D eigenvalue weighted by atomic mass is 9.88. The maximum Gasteiger partial charge on any atom is 0.243 e. The van der Waals surface area contributed by atoms with Crippen LogP contribution in [0.3, 0.4) is 0 Å². The maximum absolute atomic E-state index is 13.0. The molecule has 0 amide bonds. The molecule has 0 saturated carbocycles. The topological polar surface area (TPSA) is 63.4 Å². The van der Waals surface area contributed by atoms with Gasteiger partial charge in [-0.3, -0.25) is 0 Å². The summed E-state index contributed by atoms with van der Waals surface area (Å²) in [5.41, 5.74) is 7.63. The van der Waals surface area contributed by atoms with Crippen molar-refractivity contribution in [2.45, 2.75) is 51.6 Å². The zero-order valence-corrected chi connectivity index (χ0v) is 14.2. The van der Waals surface area contributed by atoms with Crippen LogP contribution in [0.5, 0.6) is 0 Å². The van der Waals surface area contributed by atoms with E-state index >= 15 is 0 Å². The summed E-state index contributed by atoms with van der Waals surface area (Å²) < 4.78 is 27.6. The van der Waals surface area contributed by atoms with E-state index in [1.54, 1.807) is 16.4 Å². The molecule has 2 rings (SSSR count). The van der Waals surface area contributed by atoms with Crippen LogP contribution in [-0.2, 0) is 16.6 Å². The van der Waals surface area contributed by atoms with Gasteiger partial charge in [0.2, 0.25) is 10.0 Å². The van der Waals surface area contributed by atoms with Crippen molar-refractivity contribution in [2.24, 2.45) is 17.6 Å². The predicted octanol–water partition coefficient (Wildman–Crippen LogP) is 2.51. The van der Waals surface area contributed by atoms with Crippen LogP contribution in [0.2, 0.25) is 0 Å². The second-order valence-electron chi connectivity index (χ2n) is 6.43.